The van der Waals surface area contributed by atoms with Gasteiger partial charge in [0.2, 0.25) is 5.91 Å². The van der Waals surface area contributed by atoms with Crippen LogP contribution >= 0.6 is 0 Å². The topological polar surface area (TPSA) is 77.6 Å². The summed E-state index contributed by atoms with van der Waals surface area (Å²) in [5.74, 6) is 1.32. The van der Waals surface area contributed by atoms with E-state index < -0.39 is 0 Å². The molecule has 0 saturated heterocycles. The van der Waals surface area contributed by atoms with Crippen molar-refractivity contribution in [1.82, 2.24) is 24.5 Å². The summed E-state index contributed by atoms with van der Waals surface area (Å²) in [5, 5.41) is 11.6. The third-order valence-corrected chi connectivity index (χ3v) is 3.99. The number of nitrogens with zero attached hydrogens (tertiary/aromatic N) is 5. The van der Waals surface area contributed by atoms with Crippen LogP contribution in [0.25, 0.3) is 11.4 Å². The lowest BCUT2D eigenvalue weighted by Gasteiger charge is -2.08. The van der Waals surface area contributed by atoms with E-state index in [-0.39, 0.29) is 12.5 Å². The van der Waals surface area contributed by atoms with Gasteiger partial charge in [-0.25, -0.2) is 4.68 Å². The summed E-state index contributed by atoms with van der Waals surface area (Å²) in [6.45, 7) is 1.02. The van der Waals surface area contributed by atoms with E-state index in [0.29, 0.717) is 5.92 Å². The number of hydrogen-bond acceptors (Lipinski definition) is 4. The number of pyridine rings is 1. The Kier molecular flexibility index (Phi) is 3.82. The van der Waals surface area contributed by atoms with Crippen LogP contribution in [0.15, 0.2) is 48.9 Å². The third-order valence-electron chi connectivity index (χ3n) is 3.99. The number of anilines is 1. The molecule has 122 valence electrons. The lowest BCUT2D eigenvalue weighted by atomic mass is 10.3. The molecule has 0 spiro atoms. The second kappa shape index (κ2) is 6.27. The van der Waals surface area contributed by atoms with Crippen LogP contribution in [-0.4, -0.2) is 30.5 Å². The Labute approximate surface area is 139 Å². The van der Waals surface area contributed by atoms with Crippen LogP contribution < -0.4 is 5.32 Å². The van der Waals surface area contributed by atoms with E-state index in [2.05, 4.69) is 20.5 Å². The molecule has 0 unspecified atom stereocenters. The molecule has 1 saturated carbocycles. The molecule has 7 nitrogen and oxygen atoms in total. The second-order valence-corrected chi connectivity index (χ2v) is 6.00. The Morgan fingerprint density at radius 3 is 2.88 bits per heavy atom. The minimum atomic E-state index is -0.122. The number of nitrogens with one attached hydrogen (secondary N) is 1. The van der Waals surface area contributed by atoms with E-state index in [1.807, 2.05) is 35.0 Å². The van der Waals surface area contributed by atoms with Gasteiger partial charge in [-0.3, -0.25) is 14.5 Å². The number of carbonyl (C=O) groups is 1. The SMILES string of the molecule is O=C(Cn1ccc(-c2ccccn2)n1)Nc1ccnn1CC1CC1. The molecule has 3 heterocycles. The van der Waals surface area contributed by atoms with Crippen molar-refractivity contribution >= 4 is 11.7 Å². The van der Waals surface area contributed by atoms with E-state index in [9.17, 15) is 4.79 Å². The molecule has 1 aliphatic rings. The van der Waals surface area contributed by atoms with Crippen LogP contribution in [0, 0.1) is 5.92 Å². The van der Waals surface area contributed by atoms with Gasteiger partial charge in [-0.05, 0) is 37.0 Å². The van der Waals surface area contributed by atoms with Crippen molar-refractivity contribution in [3.63, 3.8) is 0 Å². The molecule has 0 atom stereocenters. The fourth-order valence-electron chi connectivity index (χ4n) is 2.56. The van der Waals surface area contributed by atoms with Gasteiger partial charge in [0, 0.05) is 25.0 Å². The van der Waals surface area contributed by atoms with Gasteiger partial charge >= 0.3 is 0 Å². The largest absolute Gasteiger partial charge is 0.309 e. The van der Waals surface area contributed by atoms with Crippen LogP contribution in [0.5, 0.6) is 0 Å². The molecule has 3 aromatic rings. The average Bonchev–Trinajstić information content (AvgIpc) is 3.11. The van der Waals surface area contributed by atoms with E-state index >= 15 is 0 Å². The molecular formula is C17H18N6O. The monoisotopic (exact) mass is 322 g/mol. The van der Waals surface area contributed by atoms with Crippen LogP contribution in [0.4, 0.5) is 5.82 Å². The Bertz CT molecular complexity index is 834. The zero-order valence-electron chi connectivity index (χ0n) is 13.2. The number of rotatable bonds is 6. The summed E-state index contributed by atoms with van der Waals surface area (Å²) < 4.78 is 3.47. The molecule has 1 amide bonds. The van der Waals surface area contributed by atoms with Crippen molar-refractivity contribution in [2.24, 2.45) is 5.92 Å². The first kappa shape index (κ1) is 14.6. The summed E-state index contributed by atoms with van der Waals surface area (Å²) in [6, 6.07) is 9.34. The molecule has 4 rings (SSSR count). The Balaban J connectivity index is 1.40. The molecule has 0 bridgehead atoms. The van der Waals surface area contributed by atoms with Gasteiger partial charge in [-0.2, -0.15) is 10.2 Å². The fourth-order valence-corrected chi connectivity index (χ4v) is 2.56. The van der Waals surface area contributed by atoms with E-state index in [0.717, 1.165) is 23.8 Å². The van der Waals surface area contributed by atoms with Gasteiger partial charge in [-0.15, -0.1) is 0 Å². The second-order valence-electron chi connectivity index (χ2n) is 6.00. The zero-order chi connectivity index (χ0) is 16.4. The van der Waals surface area contributed by atoms with Crippen molar-refractivity contribution in [3.05, 3.63) is 48.9 Å². The lowest BCUT2D eigenvalue weighted by molar-refractivity contribution is -0.116. The van der Waals surface area contributed by atoms with Crippen LogP contribution in [0.1, 0.15) is 12.8 Å². The Morgan fingerprint density at radius 2 is 2.08 bits per heavy atom. The first-order valence-electron chi connectivity index (χ1n) is 8.04. The quantitative estimate of drug-likeness (QED) is 0.754. The molecule has 1 N–H and O–H groups in total. The molecule has 7 heteroatoms. The highest BCUT2D eigenvalue weighted by Crippen LogP contribution is 2.31. The van der Waals surface area contributed by atoms with Crippen molar-refractivity contribution < 1.29 is 4.79 Å². The Morgan fingerprint density at radius 1 is 1.17 bits per heavy atom. The van der Waals surface area contributed by atoms with Gasteiger partial charge in [0.25, 0.3) is 0 Å². The summed E-state index contributed by atoms with van der Waals surface area (Å²) in [7, 11) is 0. The number of aromatic nitrogens is 5. The molecule has 0 aromatic carbocycles. The highest BCUT2D eigenvalue weighted by molar-refractivity contribution is 5.89. The van der Waals surface area contributed by atoms with Crippen molar-refractivity contribution in [2.45, 2.75) is 25.9 Å². The molecular weight excluding hydrogens is 304 g/mol. The van der Waals surface area contributed by atoms with E-state index in [1.54, 1.807) is 23.3 Å². The van der Waals surface area contributed by atoms with Crippen LogP contribution in [0.2, 0.25) is 0 Å². The predicted octanol–water partition coefficient (Wildman–Crippen LogP) is 2.19. The molecule has 1 aliphatic carbocycles. The van der Waals surface area contributed by atoms with Crippen molar-refractivity contribution in [3.8, 4) is 11.4 Å². The number of carbonyl (C=O) groups excluding carboxylic acids is 1. The van der Waals surface area contributed by atoms with Gasteiger partial charge in [0.1, 0.15) is 18.1 Å². The zero-order valence-corrected chi connectivity index (χ0v) is 13.2. The molecule has 0 aliphatic heterocycles. The maximum Gasteiger partial charge on any atom is 0.247 e. The Hall–Kier alpha value is -2.96. The predicted molar refractivity (Wildman–Crippen MR) is 89.0 cm³/mol. The fraction of sp³-hybridized carbons (Fsp3) is 0.294. The van der Waals surface area contributed by atoms with Gasteiger partial charge < -0.3 is 5.32 Å². The highest BCUT2D eigenvalue weighted by Gasteiger charge is 2.23. The highest BCUT2D eigenvalue weighted by atomic mass is 16.2. The maximum atomic E-state index is 12.3. The molecule has 1 fully saturated rings. The summed E-state index contributed by atoms with van der Waals surface area (Å²) in [6.07, 6.45) is 7.71. The summed E-state index contributed by atoms with van der Waals surface area (Å²) in [4.78, 5) is 16.5. The lowest BCUT2D eigenvalue weighted by Crippen LogP contribution is -2.21. The maximum absolute atomic E-state index is 12.3. The average molecular weight is 322 g/mol. The third kappa shape index (κ3) is 3.34. The normalized spacial score (nSPS) is 13.8. The molecule has 24 heavy (non-hydrogen) atoms. The van der Waals surface area contributed by atoms with Crippen LogP contribution in [0.3, 0.4) is 0 Å². The molecule has 3 aromatic heterocycles. The van der Waals surface area contributed by atoms with Crippen molar-refractivity contribution in [1.29, 1.82) is 0 Å². The minimum Gasteiger partial charge on any atom is -0.309 e. The van der Waals surface area contributed by atoms with Crippen molar-refractivity contribution in [2.75, 3.05) is 5.32 Å². The van der Waals surface area contributed by atoms with E-state index in [4.69, 9.17) is 0 Å². The summed E-state index contributed by atoms with van der Waals surface area (Å²) in [5.41, 5.74) is 1.54. The smallest absolute Gasteiger partial charge is 0.247 e. The van der Waals surface area contributed by atoms with E-state index in [1.165, 1.54) is 12.8 Å². The van der Waals surface area contributed by atoms with Crippen LogP contribution in [-0.2, 0) is 17.9 Å². The van der Waals surface area contributed by atoms with Gasteiger partial charge in [0.15, 0.2) is 0 Å². The number of amides is 1. The minimum absolute atomic E-state index is 0.122. The van der Waals surface area contributed by atoms with Gasteiger partial charge in [0.05, 0.1) is 11.9 Å². The molecule has 0 radical (unpaired) electrons. The first-order valence-corrected chi connectivity index (χ1v) is 8.04. The first-order chi connectivity index (χ1) is 11.8. The number of hydrogen-bond donors (Lipinski definition) is 1. The van der Waals surface area contributed by atoms with Gasteiger partial charge in [-0.1, -0.05) is 6.07 Å². The standard InChI is InChI=1S/C17H18N6O/c24-17(20-16-6-9-19-23(16)11-13-4-5-13)12-22-10-7-15(21-22)14-3-1-2-8-18-14/h1-3,6-10,13H,4-5,11-12H2,(H,20,24). The summed E-state index contributed by atoms with van der Waals surface area (Å²) >= 11 is 0.